The molecule has 0 aliphatic carbocycles. The summed E-state index contributed by atoms with van der Waals surface area (Å²) in [5, 5.41) is 12.6. The summed E-state index contributed by atoms with van der Waals surface area (Å²) in [7, 11) is 0. The quantitative estimate of drug-likeness (QED) is 0.430. The van der Waals surface area contributed by atoms with E-state index in [4.69, 9.17) is 22.5 Å². The van der Waals surface area contributed by atoms with Crippen molar-refractivity contribution in [3.63, 3.8) is 0 Å². The molecule has 6 nitrogen and oxygen atoms in total. The van der Waals surface area contributed by atoms with Crippen LogP contribution in [0.15, 0.2) is 29.7 Å². The molecule has 21 heavy (non-hydrogen) atoms. The summed E-state index contributed by atoms with van der Waals surface area (Å²) in [6, 6.07) is 5.49. The van der Waals surface area contributed by atoms with Gasteiger partial charge >= 0.3 is 0 Å². The first-order chi connectivity index (χ1) is 10.1. The predicted molar refractivity (Wildman–Crippen MR) is 84.0 cm³/mol. The van der Waals surface area contributed by atoms with Gasteiger partial charge in [-0.3, -0.25) is 0 Å². The van der Waals surface area contributed by atoms with Crippen LogP contribution < -0.4 is 5.73 Å². The fourth-order valence-electron chi connectivity index (χ4n) is 1.92. The number of oxime groups is 1. The van der Waals surface area contributed by atoms with Gasteiger partial charge in [-0.05, 0) is 18.6 Å². The topological polar surface area (TPSA) is 97.3 Å². The molecule has 2 aromatic heterocycles. The van der Waals surface area contributed by atoms with Crippen molar-refractivity contribution in [2.24, 2.45) is 5.16 Å². The van der Waals surface area contributed by atoms with E-state index in [1.54, 1.807) is 6.07 Å². The highest BCUT2D eigenvalue weighted by Crippen LogP contribution is 2.33. The molecule has 3 N–H and O–H groups in total. The van der Waals surface area contributed by atoms with E-state index in [1.165, 1.54) is 17.7 Å². The molecule has 0 atom stereocenters. The molecule has 0 radical (unpaired) electrons. The lowest BCUT2D eigenvalue weighted by Crippen LogP contribution is -1.94. The Morgan fingerprint density at radius 1 is 1.38 bits per heavy atom. The second-order valence-electron chi connectivity index (χ2n) is 4.35. The van der Waals surface area contributed by atoms with E-state index in [0.717, 1.165) is 21.0 Å². The lowest BCUT2D eigenvalue weighted by atomic mass is 10.1. The normalized spacial score (nSPS) is 12.0. The first-order valence-electron chi connectivity index (χ1n) is 5.96. The van der Waals surface area contributed by atoms with Crippen LogP contribution in [-0.4, -0.2) is 25.3 Å². The van der Waals surface area contributed by atoms with E-state index in [0.29, 0.717) is 16.9 Å². The van der Waals surface area contributed by atoms with Crippen molar-refractivity contribution in [3.8, 4) is 10.6 Å². The minimum atomic E-state index is 0.0247. The monoisotopic (exact) mass is 319 g/mol. The highest BCUT2D eigenvalue weighted by molar-refractivity contribution is 7.21. The molecule has 0 saturated carbocycles. The number of thiazole rings is 1. The number of fused-ring (bicyclic) bond motifs is 1. The number of rotatable bonds is 2. The number of aryl methyl sites for hydroxylation is 1. The van der Waals surface area contributed by atoms with Crippen molar-refractivity contribution in [1.29, 1.82) is 0 Å². The molecule has 0 aliphatic rings. The number of nitrogens with zero attached hydrogens (tertiary/aromatic N) is 4. The molecule has 0 fully saturated rings. The fourth-order valence-corrected chi connectivity index (χ4v) is 3.04. The Bertz CT molecular complexity index is 861. The van der Waals surface area contributed by atoms with Gasteiger partial charge in [0.2, 0.25) is 0 Å². The molecule has 0 bridgehead atoms. The number of anilines is 1. The van der Waals surface area contributed by atoms with Gasteiger partial charge in [0.25, 0.3) is 0 Å². The Morgan fingerprint density at radius 3 is 2.90 bits per heavy atom. The average molecular weight is 320 g/mol. The largest absolute Gasteiger partial charge is 0.410 e. The number of aromatic nitrogens is 3. The molecule has 8 heteroatoms. The van der Waals surface area contributed by atoms with Gasteiger partial charge in [0.1, 0.15) is 21.7 Å². The molecular formula is C13H10ClN5OS. The third-order valence-corrected chi connectivity index (χ3v) is 4.31. The van der Waals surface area contributed by atoms with Crippen LogP contribution in [0.3, 0.4) is 0 Å². The van der Waals surface area contributed by atoms with Crippen LogP contribution in [0.5, 0.6) is 0 Å². The zero-order chi connectivity index (χ0) is 15.0. The van der Waals surface area contributed by atoms with Gasteiger partial charge < -0.3 is 10.9 Å². The second-order valence-corrected chi connectivity index (χ2v) is 5.69. The summed E-state index contributed by atoms with van der Waals surface area (Å²) in [6.07, 6.45) is 1.41. The lowest BCUT2D eigenvalue weighted by Gasteiger charge is -2.04. The minimum Gasteiger partial charge on any atom is -0.410 e. The molecule has 0 unspecified atom stereocenters. The van der Waals surface area contributed by atoms with Crippen LogP contribution in [0.25, 0.3) is 20.9 Å². The summed E-state index contributed by atoms with van der Waals surface area (Å²) >= 11 is 7.27. The van der Waals surface area contributed by atoms with E-state index in [2.05, 4.69) is 20.1 Å². The first kappa shape index (κ1) is 13.7. The van der Waals surface area contributed by atoms with Gasteiger partial charge in [0, 0.05) is 11.1 Å². The van der Waals surface area contributed by atoms with Gasteiger partial charge in [-0.1, -0.05) is 40.2 Å². The number of nitrogens with two attached hydrogens (primary N) is 1. The average Bonchev–Trinajstić information content (AvgIpc) is 2.92. The minimum absolute atomic E-state index is 0.0247. The van der Waals surface area contributed by atoms with Crippen LogP contribution in [0.1, 0.15) is 11.1 Å². The zero-order valence-electron chi connectivity index (χ0n) is 10.9. The molecule has 1 aromatic carbocycles. The second kappa shape index (κ2) is 5.27. The first-order valence-corrected chi connectivity index (χ1v) is 7.15. The number of halogens is 1. The Morgan fingerprint density at radius 2 is 2.19 bits per heavy atom. The Balaban J connectivity index is 2.20. The molecule has 0 saturated heterocycles. The molecule has 2 heterocycles. The third kappa shape index (κ3) is 2.41. The lowest BCUT2D eigenvalue weighted by molar-refractivity contribution is 0.321. The highest BCUT2D eigenvalue weighted by Gasteiger charge is 2.13. The SMILES string of the molecule is Cc1ccc(C(Cl)=NO)cc1-c1nc2c(N)ncnc2s1. The van der Waals surface area contributed by atoms with Crippen molar-refractivity contribution in [3.05, 3.63) is 35.7 Å². The van der Waals surface area contributed by atoms with Gasteiger partial charge in [0.05, 0.1) is 0 Å². The van der Waals surface area contributed by atoms with Crippen LogP contribution in [0.2, 0.25) is 0 Å². The predicted octanol–water partition coefficient (Wildman–Crippen LogP) is 3.02. The summed E-state index contributed by atoms with van der Waals surface area (Å²) in [5.74, 6) is 0.353. The maximum atomic E-state index is 8.78. The third-order valence-electron chi connectivity index (χ3n) is 3.02. The maximum absolute atomic E-state index is 8.78. The summed E-state index contributed by atoms with van der Waals surface area (Å²) in [6.45, 7) is 1.96. The van der Waals surface area contributed by atoms with E-state index in [-0.39, 0.29) is 5.17 Å². The van der Waals surface area contributed by atoms with Crippen LogP contribution in [0.4, 0.5) is 5.82 Å². The zero-order valence-corrected chi connectivity index (χ0v) is 12.5. The van der Waals surface area contributed by atoms with Crippen molar-refractivity contribution in [2.45, 2.75) is 6.92 Å². The molecule has 0 amide bonds. The molecule has 0 spiro atoms. The summed E-state index contributed by atoms with van der Waals surface area (Å²) in [5.41, 5.74) is 8.91. The van der Waals surface area contributed by atoms with Crippen LogP contribution >= 0.6 is 22.9 Å². The van der Waals surface area contributed by atoms with Crippen molar-refractivity contribution < 1.29 is 5.21 Å². The molecule has 0 aliphatic heterocycles. The highest BCUT2D eigenvalue weighted by atomic mass is 35.5. The number of benzene rings is 1. The van der Waals surface area contributed by atoms with E-state index in [9.17, 15) is 0 Å². The van der Waals surface area contributed by atoms with Gasteiger partial charge in [0.15, 0.2) is 11.0 Å². The van der Waals surface area contributed by atoms with Crippen molar-refractivity contribution in [2.75, 3.05) is 5.73 Å². The molecular weight excluding hydrogens is 310 g/mol. The van der Waals surface area contributed by atoms with Gasteiger partial charge in [-0.25, -0.2) is 15.0 Å². The van der Waals surface area contributed by atoms with Gasteiger partial charge in [-0.15, -0.1) is 0 Å². The smallest absolute Gasteiger partial charge is 0.175 e. The van der Waals surface area contributed by atoms with E-state index in [1.807, 2.05) is 19.1 Å². The maximum Gasteiger partial charge on any atom is 0.175 e. The van der Waals surface area contributed by atoms with Crippen LogP contribution in [-0.2, 0) is 0 Å². The molecule has 3 rings (SSSR count). The summed E-state index contributed by atoms with van der Waals surface area (Å²) < 4.78 is 0. The Hall–Kier alpha value is -2.25. The van der Waals surface area contributed by atoms with E-state index >= 15 is 0 Å². The van der Waals surface area contributed by atoms with Crippen molar-refractivity contribution >= 4 is 44.3 Å². The fraction of sp³-hybridized carbons (Fsp3) is 0.0769. The van der Waals surface area contributed by atoms with Crippen molar-refractivity contribution in [1.82, 2.24) is 15.0 Å². The van der Waals surface area contributed by atoms with Gasteiger partial charge in [-0.2, -0.15) is 0 Å². The summed E-state index contributed by atoms with van der Waals surface area (Å²) in [4.78, 5) is 13.3. The standard InChI is InChI=1S/C13H10ClN5OS/c1-6-2-3-7(10(14)19-20)4-8(6)12-18-9-11(15)16-5-17-13(9)21-12/h2-5,20H,1H3,(H2,15,16,17). The number of nitrogen functional groups attached to an aromatic ring is 1. The Kier molecular flexibility index (Phi) is 3.44. The number of hydrogen-bond donors (Lipinski definition) is 2. The Labute approximate surface area is 128 Å². The number of hydrogen-bond acceptors (Lipinski definition) is 7. The van der Waals surface area contributed by atoms with E-state index < -0.39 is 0 Å². The molecule has 106 valence electrons. The van der Waals surface area contributed by atoms with Crippen LogP contribution in [0, 0.1) is 6.92 Å². The molecule has 3 aromatic rings.